The van der Waals surface area contributed by atoms with Crippen LogP contribution in [0.3, 0.4) is 0 Å². The summed E-state index contributed by atoms with van der Waals surface area (Å²) in [5, 5.41) is 3.84. The minimum atomic E-state index is -0.445. The predicted octanol–water partition coefficient (Wildman–Crippen LogP) is 2.56. The third-order valence-electron chi connectivity index (χ3n) is 2.98. The van der Waals surface area contributed by atoms with Gasteiger partial charge >= 0.3 is 5.97 Å². The van der Waals surface area contributed by atoms with Gasteiger partial charge in [0.05, 0.1) is 12.3 Å². The van der Waals surface area contributed by atoms with Crippen LogP contribution in [-0.4, -0.2) is 24.5 Å². The molecule has 6 nitrogen and oxygen atoms in total. The lowest BCUT2D eigenvalue weighted by molar-refractivity contribution is 0.0526. The highest BCUT2D eigenvalue weighted by Gasteiger charge is 2.24. The van der Waals surface area contributed by atoms with Gasteiger partial charge in [0.15, 0.2) is 17.3 Å². The molecular formula is C14H13NO5. The molecule has 0 bridgehead atoms. The van der Waals surface area contributed by atoms with E-state index in [0.717, 1.165) is 0 Å². The average Bonchev–Trinajstić information content (AvgIpc) is 3.04. The Morgan fingerprint density at radius 3 is 2.95 bits per heavy atom. The maximum absolute atomic E-state index is 12.0. The first-order chi connectivity index (χ1) is 9.70. The molecule has 0 N–H and O–H groups in total. The van der Waals surface area contributed by atoms with Gasteiger partial charge in [-0.2, -0.15) is 0 Å². The Morgan fingerprint density at radius 2 is 2.15 bits per heavy atom. The van der Waals surface area contributed by atoms with E-state index >= 15 is 0 Å². The number of hydrogen-bond acceptors (Lipinski definition) is 6. The monoisotopic (exact) mass is 275 g/mol. The van der Waals surface area contributed by atoms with Crippen LogP contribution in [0.25, 0.3) is 11.3 Å². The lowest BCUT2D eigenvalue weighted by Gasteiger charge is -2.03. The standard InChI is InChI=1S/C14H13NO5/c1-3-17-14(16)12-8(2)15-20-13(12)9-4-5-10-11(6-9)19-7-18-10/h4-6H,3,7H2,1-2H3. The number of carbonyl (C=O) groups is 1. The molecule has 104 valence electrons. The number of carbonyl (C=O) groups excluding carboxylic acids is 1. The van der Waals surface area contributed by atoms with E-state index < -0.39 is 5.97 Å². The van der Waals surface area contributed by atoms with E-state index in [1.165, 1.54) is 0 Å². The van der Waals surface area contributed by atoms with Crippen LogP contribution in [0.2, 0.25) is 0 Å². The van der Waals surface area contributed by atoms with E-state index in [4.69, 9.17) is 18.7 Å². The molecule has 0 radical (unpaired) electrons. The van der Waals surface area contributed by atoms with Gasteiger partial charge in [-0.3, -0.25) is 0 Å². The van der Waals surface area contributed by atoms with E-state index in [1.807, 2.05) is 0 Å². The lowest BCUT2D eigenvalue weighted by Crippen LogP contribution is -2.06. The Balaban J connectivity index is 2.04. The minimum Gasteiger partial charge on any atom is -0.462 e. The third kappa shape index (κ3) is 1.99. The predicted molar refractivity (Wildman–Crippen MR) is 68.8 cm³/mol. The van der Waals surface area contributed by atoms with Crippen molar-refractivity contribution in [3.8, 4) is 22.8 Å². The maximum atomic E-state index is 12.0. The van der Waals surface area contributed by atoms with E-state index in [-0.39, 0.29) is 6.79 Å². The number of esters is 1. The van der Waals surface area contributed by atoms with Gasteiger partial charge < -0.3 is 18.7 Å². The van der Waals surface area contributed by atoms with Crippen molar-refractivity contribution in [3.63, 3.8) is 0 Å². The maximum Gasteiger partial charge on any atom is 0.344 e. The van der Waals surface area contributed by atoms with Crippen LogP contribution in [0.4, 0.5) is 0 Å². The van der Waals surface area contributed by atoms with Crippen molar-refractivity contribution in [2.75, 3.05) is 13.4 Å². The zero-order chi connectivity index (χ0) is 14.1. The smallest absolute Gasteiger partial charge is 0.344 e. The van der Waals surface area contributed by atoms with Crippen molar-refractivity contribution in [2.24, 2.45) is 0 Å². The minimum absolute atomic E-state index is 0.193. The fourth-order valence-electron chi connectivity index (χ4n) is 2.05. The highest BCUT2D eigenvalue weighted by molar-refractivity contribution is 5.96. The van der Waals surface area contributed by atoms with Crippen LogP contribution < -0.4 is 9.47 Å². The molecule has 1 aliphatic rings. The van der Waals surface area contributed by atoms with Crippen molar-refractivity contribution >= 4 is 5.97 Å². The van der Waals surface area contributed by atoms with Gasteiger partial charge in [-0.05, 0) is 32.0 Å². The number of aryl methyl sites for hydroxylation is 1. The van der Waals surface area contributed by atoms with E-state index in [0.29, 0.717) is 40.7 Å². The highest BCUT2D eigenvalue weighted by atomic mass is 16.7. The van der Waals surface area contributed by atoms with Crippen LogP contribution in [0.15, 0.2) is 22.7 Å². The fourth-order valence-corrected chi connectivity index (χ4v) is 2.05. The molecule has 0 fully saturated rings. The SMILES string of the molecule is CCOC(=O)c1c(C)noc1-c1ccc2c(c1)OCO2. The Kier molecular flexibility index (Phi) is 3.06. The van der Waals surface area contributed by atoms with Gasteiger partial charge in [-0.1, -0.05) is 5.16 Å². The third-order valence-corrected chi connectivity index (χ3v) is 2.98. The summed E-state index contributed by atoms with van der Waals surface area (Å²) in [5.41, 5.74) is 1.53. The molecule has 20 heavy (non-hydrogen) atoms. The van der Waals surface area contributed by atoms with Gasteiger partial charge in [0, 0.05) is 5.56 Å². The number of nitrogens with zero attached hydrogens (tertiary/aromatic N) is 1. The molecule has 0 saturated heterocycles. The molecule has 1 aromatic heterocycles. The highest BCUT2D eigenvalue weighted by Crippen LogP contribution is 2.37. The van der Waals surface area contributed by atoms with Crippen molar-refractivity contribution < 1.29 is 23.5 Å². The molecule has 0 amide bonds. The Morgan fingerprint density at radius 1 is 1.35 bits per heavy atom. The molecule has 2 aromatic rings. The summed E-state index contributed by atoms with van der Waals surface area (Å²) < 4.78 is 20.9. The van der Waals surface area contributed by atoms with Crippen molar-refractivity contribution in [2.45, 2.75) is 13.8 Å². The second kappa shape index (κ2) is 4.88. The molecule has 3 rings (SSSR count). The topological polar surface area (TPSA) is 70.8 Å². The molecule has 2 heterocycles. The Labute approximate surface area is 115 Å². The number of aromatic nitrogens is 1. The van der Waals surface area contributed by atoms with Crippen LogP contribution in [0, 0.1) is 6.92 Å². The molecule has 0 atom stereocenters. The summed E-state index contributed by atoms with van der Waals surface area (Å²) in [6.07, 6.45) is 0. The van der Waals surface area contributed by atoms with Gasteiger partial charge in [-0.15, -0.1) is 0 Å². The van der Waals surface area contributed by atoms with Crippen molar-refractivity contribution in [1.29, 1.82) is 0 Å². The second-order valence-electron chi connectivity index (χ2n) is 4.26. The fraction of sp³-hybridized carbons (Fsp3) is 0.286. The number of ether oxygens (including phenoxy) is 3. The van der Waals surface area contributed by atoms with Gasteiger partial charge in [0.25, 0.3) is 0 Å². The van der Waals surface area contributed by atoms with Crippen LogP contribution in [-0.2, 0) is 4.74 Å². The lowest BCUT2D eigenvalue weighted by atomic mass is 10.1. The number of benzene rings is 1. The second-order valence-corrected chi connectivity index (χ2v) is 4.26. The summed E-state index contributed by atoms with van der Waals surface area (Å²) in [6.45, 7) is 3.94. The van der Waals surface area contributed by atoms with E-state index in [9.17, 15) is 4.79 Å². The zero-order valence-corrected chi connectivity index (χ0v) is 11.1. The van der Waals surface area contributed by atoms with Gasteiger partial charge in [0.1, 0.15) is 5.56 Å². The van der Waals surface area contributed by atoms with E-state index in [2.05, 4.69) is 5.16 Å². The molecule has 1 aliphatic heterocycles. The summed E-state index contributed by atoms with van der Waals surface area (Å²) in [5.74, 6) is 1.22. The first kappa shape index (κ1) is 12.5. The molecular weight excluding hydrogens is 262 g/mol. The largest absolute Gasteiger partial charge is 0.462 e. The summed E-state index contributed by atoms with van der Waals surface area (Å²) in [7, 11) is 0. The molecule has 0 spiro atoms. The van der Waals surface area contributed by atoms with Crippen LogP contribution in [0.5, 0.6) is 11.5 Å². The van der Waals surface area contributed by atoms with Crippen molar-refractivity contribution in [1.82, 2.24) is 5.16 Å². The number of rotatable bonds is 3. The van der Waals surface area contributed by atoms with Gasteiger partial charge in [0.2, 0.25) is 6.79 Å². The van der Waals surface area contributed by atoms with Crippen LogP contribution in [0.1, 0.15) is 23.0 Å². The summed E-state index contributed by atoms with van der Waals surface area (Å²) in [6, 6.07) is 5.31. The number of fused-ring (bicyclic) bond motifs is 1. The van der Waals surface area contributed by atoms with Crippen LogP contribution >= 0.6 is 0 Å². The molecule has 0 saturated carbocycles. The first-order valence-electron chi connectivity index (χ1n) is 6.24. The van der Waals surface area contributed by atoms with E-state index in [1.54, 1.807) is 32.0 Å². The summed E-state index contributed by atoms with van der Waals surface area (Å²) in [4.78, 5) is 12.0. The summed E-state index contributed by atoms with van der Waals surface area (Å²) >= 11 is 0. The molecule has 1 aromatic carbocycles. The first-order valence-corrected chi connectivity index (χ1v) is 6.24. The quantitative estimate of drug-likeness (QED) is 0.802. The normalized spacial score (nSPS) is 12.5. The molecule has 0 unspecified atom stereocenters. The number of hydrogen-bond donors (Lipinski definition) is 0. The Hall–Kier alpha value is -2.50. The average molecular weight is 275 g/mol. The van der Waals surface area contributed by atoms with Crippen molar-refractivity contribution in [3.05, 3.63) is 29.5 Å². The molecule has 6 heteroatoms. The van der Waals surface area contributed by atoms with Gasteiger partial charge in [-0.25, -0.2) is 4.79 Å². The molecule has 0 aliphatic carbocycles. The zero-order valence-electron chi connectivity index (χ0n) is 11.1. The Bertz CT molecular complexity index is 662.